The zero-order valence-electron chi connectivity index (χ0n) is 11.0. The van der Waals surface area contributed by atoms with E-state index in [2.05, 4.69) is 25.4 Å². The molecule has 4 heteroatoms. The highest BCUT2D eigenvalue weighted by molar-refractivity contribution is 8.00. The summed E-state index contributed by atoms with van der Waals surface area (Å²) >= 11 is 1.84. The van der Waals surface area contributed by atoms with Crippen molar-refractivity contribution < 1.29 is 4.79 Å². The van der Waals surface area contributed by atoms with Crippen LogP contribution in [0.1, 0.15) is 40.0 Å². The third-order valence-electron chi connectivity index (χ3n) is 3.27. The SMILES string of the molecule is CCC(CC)(CNC(=O)CC(C)CN)SC. The summed E-state index contributed by atoms with van der Waals surface area (Å²) in [4.78, 5) is 11.6. The smallest absolute Gasteiger partial charge is 0.220 e. The van der Waals surface area contributed by atoms with E-state index in [1.54, 1.807) is 0 Å². The molecule has 0 aliphatic carbocycles. The van der Waals surface area contributed by atoms with Gasteiger partial charge in [-0.1, -0.05) is 20.8 Å². The van der Waals surface area contributed by atoms with Crippen molar-refractivity contribution in [2.24, 2.45) is 11.7 Å². The van der Waals surface area contributed by atoms with Crippen LogP contribution in [0.4, 0.5) is 0 Å². The summed E-state index contributed by atoms with van der Waals surface area (Å²) in [6.07, 6.45) is 4.81. The summed E-state index contributed by atoms with van der Waals surface area (Å²) in [6.45, 7) is 7.68. The second-order valence-electron chi connectivity index (χ2n) is 4.42. The molecule has 0 fully saturated rings. The van der Waals surface area contributed by atoms with Crippen molar-refractivity contribution in [3.05, 3.63) is 0 Å². The molecular weight excluding hydrogens is 220 g/mol. The molecule has 0 aromatic rings. The van der Waals surface area contributed by atoms with Crippen molar-refractivity contribution in [1.82, 2.24) is 5.32 Å². The number of hydrogen-bond acceptors (Lipinski definition) is 3. The van der Waals surface area contributed by atoms with Crippen molar-refractivity contribution in [3.8, 4) is 0 Å². The Morgan fingerprint density at radius 2 is 2.00 bits per heavy atom. The molecule has 0 radical (unpaired) electrons. The van der Waals surface area contributed by atoms with Crippen molar-refractivity contribution >= 4 is 17.7 Å². The molecule has 0 aromatic heterocycles. The van der Waals surface area contributed by atoms with Gasteiger partial charge >= 0.3 is 0 Å². The monoisotopic (exact) mass is 246 g/mol. The van der Waals surface area contributed by atoms with Crippen LogP contribution in [0.5, 0.6) is 0 Å². The Hall–Kier alpha value is -0.220. The zero-order chi connectivity index (χ0) is 12.6. The van der Waals surface area contributed by atoms with Crippen molar-refractivity contribution in [2.75, 3.05) is 19.3 Å². The molecule has 0 aliphatic heterocycles. The minimum atomic E-state index is 0.123. The van der Waals surface area contributed by atoms with E-state index in [4.69, 9.17) is 5.73 Å². The molecule has 16 heavy (non-hydrogen) atoms. The average Bonchev–Trinajstić information content (AvgIpc) is 2.31. The van der Waals surface area contributed by atoms with Gasteiger partial charge in [-0.25, -0.2) is 0 Å². The highest BCUT2D eigenvalue weighted by Crippen LogP contribution is 2.29. The largest absolute Gasteiger partial charge is 0.355 e. The number of rotatable bonds is 8. The molecule has 0 rings (SSSR count). The Morgan fingerprint density at radius 1 is 1.44 bits per heavy atom. The summed E-state index contributed by atoms with van der Waals surface area (Å²) in [5, 5.41) is 3.03. The third kappa shape index (κ3) is 5.21. The van der Waals surface area contributed by atoms with Gasteiger partial charge in [0.25, 0.3) is 0 Å². The van der Waals surface area contributed by atoms with E-state index < -0.39 is 0 Å². The van der Waals surface area contributed by atoms with Crippen LogP contribution in [0, 0.1) is 5.92 Å². The standard InChI is InChI=1S/C12H26N2OS/c1-5-12(6-2,16-4)9-14-11(15)7-10(3)8-13/h10H,5-9,13H2,1-4H3,(H,14,15). The predicted molar refractivity (Wildman–Crippen MR) is 72.7 cm³/mol. The highest BCUT2D eigenvalue weighted by atomic mass is 32.2. The zero-order valence-corrected chi connectivity index (χ0v) is 11.8. The number of thioether (sulfide) groups is 1. The van der Waals surface area contributed by atoms with E-state index in [1.807, 2.05) is 18.7 Å². The molecule has 3 N–H and O–H groups in total. The summed E-state index contributed by atoms with van der Waals surface area (Å²) in [5.41, 5.74) is 5.50. The molecule has 96 valence electrons. The van der Waals surface area contributed by atoms with E-state index in [0.29, 0.717) is 13.0 Å². The van der Waals surface area contributed by atoms with Crippen LogP contribution >= 0.6 is 11.8 Å². The van der Waals surface area contributed by atoms with E-state index in [1.165, 1.54) is 0 Å². The fourth-order valence-corrected chi connectivity index (χ4v) is 2.39. The van der Waals surface area contributed by atoms with Gasteiger partial charge in [-0.2, -0.15) is 11.8 Å². The van der Waals surface area contributed by atoms with Crippen molar-refractivity contribution in [3.63, 3.8) is 0 Å². The molecule has 0 aromatic carbocycles. The molecule has 0 spiro atoms. The number of carbonyl (C=O) groups excluding carboxylic acids is 1. The van der Waals surface area contributed by atoms with Gasteiger partial charge < -0.3 is 11.1 Å². The Labute approximate surface area is 104 Å². The van der Waals surface area contributed by atoms with E-state index >= 15 is 0 Å². The summed E-state index contributed by atoms with van der Waals surface area (Å²) in [7, 11) is 0. The lowest BCUT2D eigenvalue weighted by atomic mass is 10.0. The molecule has 1 unspecified atom stereocenters. The number of nitrogens with one attached hydrogen (secondary N) is 1. The molecule has 0 saturated carbocycles. The van der Waals surface area contributed by atoms with Gasteiger partial charge in [0.15, 0.2) is 0 Å². The Morgan fingerprint density at radius 3 is 2.38 bits per heavy atom. The third-order valence-corrected chi connectivity index (χ3v) is 4.85. The normalized spacial score (nSPS) is 13.6. The molecule has 1 atom stereocenters. The lowest BCUT2D eigenvalue weighted by molar-refractivity contribution is -0.121. The number of hydrogen-bond donors (Lipinski definition) is 2. The molecule has 0 bridgehead atoms. The van der Waals surface area contributed by atoms with Gasteiger partial charge in [0.1, 0.15) is 0 Å². The average molecular weight is 246 g/mol. The minimum Gasteiger partial charge on any atom is -0.355 e. The van der Waals surface area contributed by atoms with Crippen LogP contribution in [0.3, 0.4) is 0 Å². The maximum atomic E-state index is 11.6. The lowest BCUT2D eigenvalue weighted by Crippen LogP contribution is -2.40. The summed E-state index contributed by atoms with van der Waals surface area (Å²) in [5.74, 6) is 0.394. The van der Waals surface area contributed by atoms with Crippen LogP contribution in [0.2, 0.25) is 0 Å². The second kappa shape index (κ2) is 7.96. The number of nitrogens with two attached hydrogens (primary N) is 1. The van der Waals surface area contributed by atoms with Crippen LogP contribution < -0.4 is 11.1 Å². The first-order valence-corrected chi connectivity index (χ1v) is 7.28. The minimum absolute atomic E-state index is 0.123. The molecule has 0 saturated heterocycles. The van der Waals surface area contributed by atoms with Crippen LogP contribution in [-0.4, -0.2) is 30.0 Å². The molecule has 1 amide bonds. The lowest BCUT2D eigenvalue weighted by Gasteiger charge is -2.30. The van der Waals surface area contributed by atoms with Gasteiger partial charge in [0.05, 0.1) is 0 Å². The topological polar surface area (TPSA) is 55.1 Å². The maximum Gasteiger partial charge on any atom is 0.220 e. The summed E-state index contributed by atoms with van der Waals surface area (Å²) in [6, 6.07) is 0. The van der Waals surface area contributed by atoms with E-state index in [-0.39, 0.29) is 16.6 Å². The first kappa shape index (κ1) is 15.8. The molecular formula is C12H26N2OS. The Bertz CT molecular complexity index is 197. The first-order chi connectivity index (χ1) is 7.53. The van der Waals surface area contributed by atoms with E-state index in [9.17, 15) is 4.79 Å². The van der Waals surface area contributed by atoms with E-state index in [0.717, 1.165) is 19.4 Å². The fourth-order valence-electron chi connectivity index (χ4n) is 1.59. The predicted octanol–water partition coefficient (Wildman–Crippen LogP) is 2.01. The van der Waals surface area contributed by atoms with Gasteiger partial charge in [-0.3, -0.25) is 4.79 Å². The molecule has 0 aliphatic rings. The quantitative estimate of drug-likeness (QED) is 0.689. The maximum absolute atomic E-state index is 11.6. The highest BCUT2D eigenvalue weighted by Gasteiger charge is 2.25. The Kier molecular flexibility index (Phi) is 7.85. The number of carbonyl (C=O) groups is 1. The van der Waals surface area contributed by atoms with Gasteiger partial charge in [-0.15, -0.1) is 0 Å². The first-order valence-electron chi connectivity index (χ1n) is 6.05. The van der Waals surface area contributed by atoms with Crippen molar-refractivity contribution in [1.29, 1.82) is 0 Å². The van der Waals surface area contributed by atoms with Gasteiger partial charge in [0.2, 0.25) is 5.91 Å². The Balaban J connectivity index is 4.06. The van der Waals surface area contributed by atoms with Crippen LogP contribution in [0.15, 0.2) is 0 Å². The van der Waals surface area contributed by atoms with Gasteiger partial charge in [-0.05, 0) is 31.6 Å². The van der Waals surface area contributed by atoms with Crippen LogP contribution in [-0.2, 0) is 4.79 Å². The molecule has 3 nitrogen and oxygen atoms in total. The molecule has 0 heterocycles. The fraction of sp³-hybridized carbons (Fsp3) is 0.917. The second-order valence-corrected chi connectivity index (χ2v) is 5.69. The van der Waals surface area contributed by atoms with Crippen molar-refractivity contribution in [2.45, 2.75) is 44.8 Å². The number of amides is 1. The van der Waals surface area contributed by atoms with Gasteiger partial charge in [0, 0.05) is 17.7 Å². The van der Waals surface area contributed by atoms with Crippen LogP contribution in [0.25, 0.3) is 0 Å². The summed E-state index contributed by atoms with van der Waals surface area (Å²) < 4.78 is 0.196.